The number of nitrogens with zero attached hydrogens (tertiary/aromatic N) is 2. The molecule has 1 aromatic carbocycles. The van der Waals surface area contributed by atoms with Crippen LogP contribution in [-0.4, -0.2) is 69.7 Å². The minimum Gasteiger partial charge on any atom is -0.492 e. The highest BCUT2D eigenvalue weighted by atomic mass is 35.5. The normalized spacial score (nSPS) is 11.6. The monoisotopic (exact) mass is 588 g/mol. The van der Waals surface area contributed by atoms with E-state index in [0.717, 1.165) is 5.69 Å². The Morgan fingerprint density at radius 3 is 2.10 bits per heavy atom. The van der Waals surface area contributed by atoms with Crippen LogP contribution in [0.3, 0.4) is 0 Å². The molecule has 0 spiro atoms. The number of rotatable bonds is 9. The van der Waals surface area contributed by atoms with Crippen LogP contribution in [0.15, 0.2) is 42.7 Å². The third-order valence-corrected chi connectivity index (χ3v) is 5.09. The summed E-state index contributed by atoms with van der Waals surface area (Å²) in [5, 5.41) is 13.7. The molecule has 0 aliphatic heterocycles. The Morgan fingerprint density at radius 2 is 1.60 bits per heavy atom. The van der Waals surface area contributed by atoms with E-state index in [0.29, 0.717) is 36.0 Å². The van der Waals surface area contributed by atoms with Crippen LogP contribution in [0, 0.1) is 0 Å². The highest BCUT2D eigenvalue weighted by Gasteiger charge is 2.38. The minimum absolute atomic E-state index is 0.0960. The number of carboxylic acids is 1. The zero-order chi connectivity index (χ0) is 30.7. The molecule has 9 nitrogen and oxygen atoms in total. The van der Waals surface area contributed by atoms with Crippen LogP contribution in [0.1, 0.15) is 58.3 Å². The summed E-state index contributed by atoms with van der Waals surface area (Å²) in [6, 6.07) is 8.75. The molecule has 0 saturated heterocycles. The molecule has 40 heavy (non-hydrogen) atoms. The maximum atomic E-state index is 13.4. The summed E-state index contributed by atoms with van der Waals surface area (Å²) in [7, 11) is 0. The molecule has 2 aromatic rings. The number of pyridine rings is 1. The van der Waals surface area contributed by atoms with Gasteiger partial charge < -0.3 is 25.4 Å². The molecule has 222 valence electrons. The van der Waals surface area contributed by atoms with Gasteiger partial charge >= 0.3 is 12.1 Å². The number of amides is 2. The van der Waals surface area contributed by atoms with Crippen LogP contribution < -0.4 is 15.4 Å². The largest absolute Gasteiger partial charge is 0.492 e. The van der Waals surface area contributed by atoms with Crippen molar-refractivity contribution >= 4 is 35.1 Å². The van der Waals surface area contributed by atoms with Gasteiger partial charge in [-0.15, -0.1) is 0 Å². The highest BCUT2D eigenvalue weighted by molar-refractivity contribution is 6.31. The molecule has 1 heterocycles. The molecule has 0 radical (unpaired) electrons. The minimum atomic E-state index is -5.08. The Balaban J connectivity index is 0.00000101. The summed E-state index contributed by atoms with van der Waals surface area (Å²) in [4.78, 5) is 40.2. The van der Waals surface area contributed by atoms with Gasteiger partial charge in [0.2, 0.25) is 5.91 Å². The standard InChI is InChI=1S/C25H35ClN4O3.C2HF3O2/c1-24(2,3)29-22(31)9-13-30(25(4,5)6)23(32)18-15-19(26)17-21(16-18)33-14-12-28-20-7-10-27-11-8-20;3-2(4,5)1(6)7/h7-8,10-11,15-17H,9,12-14H2,1-6H3,(H,27,28)(H,29,31);(H,6,7). The van der Waals surface area contributed by atoms with Crippen molar-refractivity contribution in [3.05, 3.63) is 53.3 Å². The molecule has 0 unspecified atom stereocenters. The van der Waals surface area contributed by atoms with Gasteiger partial charge in [0.25, 0.3) is 5.91 Å². The summed E-state index contributed by atoms with van der Waals surface area (Å²) >= 11 is 6.28. The number of carbonyl (C=O) groups is 3. The van der Waals surface area contributed by atoms with Gasteiger partial charge in [0, 0.05) is 59.3 Å². The van der Waals surface area contributed by atoms with Crippen molar-refractivity contribution < 1.29 is 37.4 Å². The molecule has 2 amide bonds. The molecule has 0 aliphatic carbocycles. The third kappa shape index (κ3) is 13.5. The number of halogens is 4. The number of aromatic nitrogens is 1. The Bertz CT molecular complexity index is 1130. The number of aliphatic carboxylic acids is 1. The van der Waals surface area contributed by atoms with Crippen molar-refractivity contribution in [1.82, 2.24) is 15.2 Å². The Morgan fingerprint density at radius 1 is 1.02 bits per heavy atom. The molecular weight excluding hydrogens is 553 g/mol. The van der Waals surface area contributed by atoms with Crippen LogP contribution in [0.25, 0.3) is 0 Å². The van der Waals surface area contributed by atoms with Crippen LogP contribution in [-0.2, 0) is 9.59 Å². The number of hydrogen-bond acceptors (Lipinski definition) is 6. The SMILES string of the molecule is CC(C)(C)NC(=O)CCN(C(=O)c1cc(Cl)cc(OCCNc2ccncc2)c1)C(C)(C)C.O=C(O)C(F)(F)F. The van der Waals surface area contributed by atoms with E-state index in [2.05, 4.69) is 15.6 Å². The summed E-state index contributed by atoms with van der Waals surface area (Å²) < 4.78 is 37.6. The second-order valence-electron chi connectivity index (χ2n) is 10.7. The maximum absolute atomic E-state index is 13.4. The molecule has 1 aromatic heterocycles. The summed E-state index contributed by atoms with van der Waals surface area (Å²) in [5.74, 6) is -2.54. The molecule has 3 N–H and O–H groups in total. The predicted molar refractivity (Wildman–Crippen MR) is 147 cm³/mol. The molecule has 0 bridgehead atoms. The summed E-state index contributed by atoms with van der Waals surface area (Å²) in [6.07, 6.45) is -1.44. The van der Waals surface area contributed by atoms with E-state index in [1.54, 1.807) is 35.5 Å². The van der Waals surface area contributed by atoms with Gasteiger partial charge in [-0.2, -0.15) is 13.2 Å². The van der Waals surface area contributed by atoms with E-state index in [9.17, 15) is 22.8 Å². The van der Waals surface area contributed by atoms with Gasteiger partial charge in [0.05, 0.1) is 0 Å². The number of hydrogen-bond donors (Lipinski definition) is 3. The van der Waals surface area contributed by atoms with Crippen LogP contribution in [0.5, 0.6) is 5.75 Å². The average molecular weight is 589 g/mol. The second kappa shape index (κ2) is 14.7. The van der Waals surface area contributed by atoms with Crippen LogP contribution >= 0.6 is 11.6 Å². The molecule has 0 atom stereocenters. The van der Waals surface area contributed by atoms with Crippen molar-refractivity contribution in [3.63, 3.8) is 0 Å². The van der Waals surface area contributed by atoms with E-state index in [-0.39, 0.29) is 23.8 Å². The van der Waals surface area contributed by atoms with Gasteiger partial charge in [0.15, 0.2) is 0 Å². The molecule has 0 saturated carbocycles. The molecular formula is C27H36ClF3N4O5. The number of ether oxygens (including phenoxy) is 1. The van der Waals surface area contributed by atoms with Gasteiger partial charge in [0.1, 0.15) is 12.4 Å². The van der Waals surface area contributed by atoms with Gasteiger partial charge in [-0.1, -0.05) is 11.6 Å². The number of nitrogens with one attached hydrogen (secondary N) is 2. The quantitative estimate of drug-likeness (QED) is 0.335. The molecule has 13 heteroatoms. The van der Waals surface area contributed by atoms with Gasteiger partial charge in [-0.3, -0.25) is 14.6 Å². The van der Waals surface area contributed by atoms with Crippen LogP contribution in [0.4, 0.5) is 18.9 Å². The first-order valence-electron chi connectivity index (χ1n) is 12.3. The molecule has 0 fully saturated rings. The van der Waals surface area contributed by atoms with Crippen molar-refractivity contribution in [1.29, 1.82) is 0 Å². The van der Waals surface area contributed by atoms with Crippen molar-refractivity contribution in [3.8, 4) is 5.75 Å². The number of benzene rings is 1. The van der Waals surface area contributed by atoms with E-state index < -0.39 is 17.7 Å². The average Bonchev–Trinajstić information content (AvgIpc) is 2.80. The lowest BCUT2D eigenvalue weighted by Gasteiger charge is -2.36. The fraction of sp³-hybridized carbons (Fsp3) is 0.481. The first kappa shape index (κ1) is 34.5. The number of anilines is 1. The lowest BCUT2D eigenvalue weighted by molar-refractivity contribution is -0.192. The molecule has 2 rings (SSSR count). The van der Waals surface area contributed by atoms with Gasteiger partial charge in [-0.25, -0.2) is 4.79 Å². The lowest BCUT2D eigenvalue weighted by Crippen LogP contribution is -2.48. The van der Waals surface area contributed by atoms with Crippen LogP contribution in [0.2, 0.25) is 5.02 Å². The van der Waals surface area contributed by atoms with E-state index >= 15 is 0 Å². The van der Waals surface area contributed by atoms with Gasteiger partial charge in [-0.05, 0) is 71.9 Å². The topological polar surface area (TPSA) is 121 Å². The number of alkyl halides is 3. The zero-order valence-electron chi connectivity index (χ0n) is 23.4. The lowest BCUT2D eigenvalue weighted by atomic mass is 10.0. The van der Waals surface area contributed by atoms with E-state index in [4.69, 9.17) is 26.2 Å². The smallest absolute Gasteiger partial charge is 0.490 e. The zero-order valence-corrected chi connectivity index (χ0v) is 24.1. The fourth-order valence-corrected chi connectivity index (χ4v) is 3.42. The fourth-order valence-electron chi connectivity index (χ4n) is 3.20. The Labute approximate surface area is 237 Å². The van der Waals surface area contributed by atoms with Crippen molar-refractivity contribution in [2.24, 2.45) is 0 Å². The van der Waals surface area contributed by atoms with E-state index in [1.165, 1.54) is 0 Å². The molecule has 0 aliphatic rings. The number of carbonyl (C=O) groups excluding carboxylic acids is 2. The van der Waals surface area contributed by atoms with Crippen molar-refractivity contribution in [2.45, 2.75) is 65.2 Å². The third-order valence-electron chi connectivity index (χ3n) is 4.87. The van der Waals surface area contributed by atoms with Crippen molar-refractivity contribution in [2.75, 3.05) is 25.0 Å². The maximum Gasteiger partial charge on any atom is 0.490 e. The number of carboxylic acid groups (broad SMARTS) is 1. The van der Waals surface area contributed by atoms with E-state index in [1.807, 2.05) is 53.7 Å². The second-order valence-corrected chi connectivity index (χ2v) is 11.1. The summed E-state index contributed by atoms with van der Waals surface area (Å²) in [6.45, 7) is 12.9. The Hall–Kier alpha value is -3.54. The Kier molecular flexibility index (Phi) is 12.7. The highest BCUT2D eigenvalue weighted by Crippen LogP contribution is 2.25. The first-order chi connectivity index (χ1) is 18.3. The first-order valence-corrected chi connectivity index (χ1v) is 12.7. The predicted octanol–water partition coefficient (Wildman–Crippen LogP) is 5.40. The summed E-state index contributed by atoms with van der Waals surface area (Å²) in [5.41, 5.74) is 0.577.